The lowest BCUT2D eigenvalue weighted by Gasteiger charge is -2.18. The van der Waals surface area contributed by atoms with Gasteiger partial charge in [-0.05, 0) is 31.0 Å². The van der Waals surface area contributed by atoms with Crippen LogP contribution in [-0.4, -0.2) is 11.8 Å². The molecular formula is C24H22O3. The van der Waals surface area contributed by atoms with E-state index < -0.39 is 5.92 Å². The molecule has 0 aliphatic carbocycles. The fourth-order valence-electron chi connectivity index (χ4n) is 2.91. The van der Waals surface area contributed by atoms with E-state index in [-0.39, 0.29) is 17.9 Å². The van der Waals surface area contributed by atoms with E-state index in [4.69, 9.17) is 4.74 Å². The van der Waals surface area contributed by atoms with Crippen LogP contribution in [0.4, 0.5) is 0 Å². The maximum atomic E-state index is 12.6. The first-order chi connectivity index (χ1) is 13.1. The topological polar surface area (TPSA) is 43.4 Å². The molecule has 136 valence electrons. The molecule has 0 amide bonds. The van der Waals surface area contributed by atoms with E-state index in [2.05, 4.69) is 0 Å². The fourth-order valence-corrected chi connectivity index (χ4v) is 2.91. The van der Waals surface area contributed by atoms with Crippen molar-refractivity contribution in [1.29, 1.82) is 0 Å². The molecule has 0 N–H and O–H groups in total. The molecule has 3 nitrogen and oxygen atoms in total. The molecule has 0 bridgehead atoms. The molecule has 0 aromatic heterocycles. The van der Waals surface area contributed by atoms with Crippen molar-refractivity contribution in [2.24, 2.45) is 0 Å². The number of ketones is 1. The van der Waals surface area contributed by atoms with Crippen LogP contribution in [0.15, 0.2) is 84.9 Å². The van der Waals surface area contributed by atoms with Crippen molar-refractivity contribution in [3.05, 3.63) is 107 Å². The lowest BCUT2D eigenvalue weighted by molar-refractivity contribution is -0.150. The predicted molar refractivity (Wildman–Crippen MR) is 106 cm³/mol. The number of carbonyl (C=O) groups excluding carboxylic acids is 2. The average Bonchev–Trinajstić information content (AvgIpc) is 2.74. The molecule has 27 heavy (non-hydrogen) atoms. The molecule has 0 aliphatic heterocycles. The van der Waals surface area contributed by atoms with Gasteiger partial charge in [0.05, 0.1) is 5.92 Å². The van der Waals surface area contributed by atoms with Crippen molar-refractivity contribution in [3.8, 4) is 0 Å². The normalized spacial score (nSPS) is 12.8. The SMILES string of the molecule is C[C@@H](O[13C](=O)[C@@H](C)c1cccc(C(=O)c2ccccc2)c1)c1ccccc1. The molecule has 0 unspecified atom stereocenters. The van der Waals surface area contributed by atoms with Gasteiger partial charge in [0.25, 0.3) is 0 Å². The second-order valence-electron chi connectivity index (χ2n) is 6.53. The van der Waals surface area contributed by atoms with Gasteiger partial charge in [0.15, 0.2) is 5.78 Å². The molecule has 3 aromatic rings. The summed E-state index contributed by atoms with van der Waals surface area (Å²) in [6.45, 7) is 3.65. The summed E-state index contributed by atoms with van der Waals surface area (Å²) in [5.74, 6) is -0.828. The Balaban J connectivity index is 1.74. The van der Waals surface area contributed by atoms with Crippen molar-refractivity contribution in [1.82, 2.24) is 0 Å². The third-order valence-corrected chi connectivity index (χ3v) is 4.60. The Labute approximate surface area is 159 Å². The zero-order chi connectivity index (χ0) is 19.2. The van der Waals surface area contributed by atoms with Crippen molar-refractivity contribution >= 4 is 11.8 Å². The van der Waals surface area contributed by atoms with Crippen molar-refractivity contribution in [3.63, 3.8) is 0 Å². The van der Waals surface area contributed by atoms with Gasteiger partial charge in [-0.25, -0.2) is 0 Å². The quantitative estimate of drug-likeness (QED) is 0.340. The molecule has 0 heterocycles. The third kappa shape index (κ3) is 4.50. The van der Waals surface area contributed by atoms with Crippen molar-refractivity contribution in [2.45, 2.75) is 25.9 Å². The van der Waals surface area contributed by atoms with Gasteiger partial charge >= 0.3 is 5.97 Å². The monoisotopic (exact) mass is 359 g/mol. The van der Waals surface area contributed by atoms with Gasteiger partial charge in [-0.15, -0.1) is 0 Å². The molecule has 2 atom stereocenters. The molecule has 0 aliphatic rings. The highest BCUT2D eigenvalue weighted by molar-refractivity contribution is 6.09. The van der Waals surface area contributed by atoms with Crippen molar-refractivity contribution < 1.29 is 14.3 Å². The van der Waals surface area contributed by atoms with Gasteiger partial charge < -0.3 is 4.74 Å². The number of hydrogen-bond acceptors (Lipinski definition) is 3. The maximum absolute atomic E-state index is 12.6. The Morgan fingerprint density at radius 3 is 1.93 bits per heavy atom. The Kier molecular flexibility index (Phi) is 5.82. The van der Waals surface area contributed by atoms with Gasteiger partial charge in [0.2, 0.25) is 0 Å². The van der Waals surface area contributed by atoms with E-state index in [1.54, 1.807) is 37.3 Å². The molecule has 3 aromatic carbocycles. The number of benzene rings is 3. The van der Waals surface area contributed by atoms with E-state index in [9.17, 15) is 9.59 Å². The minimum atomic E-state index is -0.459. The lowest BCUT2D eigenvalue weighted by atomic mass is 9.98. The molecule has 0 saturated carbocycles. The summed E-state index contributed by atoms with van der Waals surface area (Å²) in [6.07, 6.45) is -0.324. The fraction of sp³-hybridized carbons (Fsp3) is 0.167. The summed E-state index contributed by atoms with van der Waals surface area (Å²) in [5, 5.41) is 0. The molecule has 3 rings (SSSR count). The van der Waals surface area contributed by atoms with Crippen LogP contribution in [0.3, 0.4) is 0 Å². The molecule has 0 spiro atoms. The van der Waals surface area contributed by atoms with Crippen LogP contribution in [0.5, 0.6) is 0 Å². The van der Waals surface area contributed by atoms with Gasteiger partial charge in [-0.3, -0.25) is 9.59 Å². The average molecular weight is 359 g/mol. The zero-order valence-corrected chi connectivity index (χ0v) is 15.5. The summed E-state index contributed by atoms with van der Waals surface area (Å²) in [6, 6.07) is 25.9. The summed E-state index contributed by atoms with van der Waals surface area (Å²) in [4.78, 5) is 25.2. The summed E-state index contributed by atoms with van der Waals surface area (Å²) in [7, 11) is 0. The van der Waals surface area contributed by atoms with Crippen molar-refractivity contribution in [2.75, 3.05) is 0 Å². The van der Waals surface area contributed by atoms with Crippen LogP contribution in [-0.2, 0) is 9.53 Å². The largest absolute Gasteiger partial charge is 0.457 e. The molecule has 0 saturated heterocycles. The number of esters is 1. The Bertz CT molecular complexity index is 917. The maximum Gasteiger partial charge on any atom is 0.313 e. The second kappa shape index (κ2) is 8.45. The highest BCUT2D eigenvalue weighted by Gasteiger charge is 2.21. The first kappa shape index (κ1) is 18.6. The molecular weight excluding hydrogens is 337 g/mol. The minimum absolute atomic E-state index is 0.0596. The highest BCUT2D eigenvalue weighted by atomic mass is 16.6. The van der Waals surface area contributed by atoms with E-state index in [1.807, 2.05) is 61.5 Å². The van der Waals surface area contributed by atoms with Crippen LogP contribution < -0.4 is 0 Å². The second-order valence-corrected chi connectivity index (χ2v) is 6.53. The first-order valence-corrected chi connectivity index (χ1v) is 9.01. The van der Waals surface area contributed by atoms with Crippen LogP contribution in [0.1, 0.15) is 52.9 Å². The summed E-state index contributed by atoms with van der Waals surface area (Å²) >= 11 is 0. The number of carbonyl (C=O) groups is 2. The van der Waals surface area contributed by atoms with Crippen LogP contribution in [0.25, 0.3) is 0 Å². The highest BCUT2D eigenvalue weighted by Crippen LogP contribution is 2.24. The van der Waals surface area contributed by atoms with Crippen LogP contribution in [0.2, 0.25) is 0 Å². The Hall–Kier alpha value is -3.20. The van der Waals surface area contributed by atoms with Gasteiger partial charge in [0.1, 0.15) is 6.10 Å². The number of rotatable bonds is 6. The minimum Gasteiger partial charge on any atom is -0.457 e. The van der Waals surface area contributed by atoms with Crippen LogP contribution >= 0.6 is 0 Å². The predicted octanol–water partition coefficient (Wildman–Crippen LogP) is 5.33. The van der Waals surface area contributed by atoms with E-state index in [0.717, 1.165) is 11.1 Å². The molecule has 3 heteroatoms. The smallest absolute Gasteiger partial charge is 0.313 e. The number of hydrogen-bond donors (Lipinski definition) is 0. The number of ether oxygens (including phenoxy) is 1. The van der Waals surface area contributed by atoms with E-state index >= 15 is 0 Å². The van der Waals surface area contributed by atoms with Gasteiger partial charge in [-0.1, -0.05) is 78.9 Å². The first-order valence-electron chi connectivity index (χ1n) is 9.01. The summed E-state index contributed by atoms with van der Waals surface area (Å²) in [5.41, 5.74) is 2.91. The lowest BCUT2D eigenvalue weighted by Crippen LogP contribution is -2.16. The van der Waals surface area contributed by atoms with E-state index in [1.165, 1.54) is 0 Å². The molecule has 0 radical (unpaired) electrons. The third-order valence-electron chi connectivity index (χ3n) is 4.60. The summed E-state index contributed by atoms with van der Waals surface area (Å²) < 4.78 is 5.61. The van der Waals surface area contributed by atoms with Crippen LogP contribution in [0, 0.1) is 0 Å². The van der Waals surface area contributed by atoms with Gasteiger partial charge in [-0.2, -0.15) is 0 Å². The zero-order valence-electron chi connectivity index (χ0n) is 15.5. The Morgan fingerprint density at radius 2 is 1.26 bits per heavy atom. The Morgan fingerprint density at radius 1 is 0.704 bits per heavy atom. The standard InChI is InChI=1S/C24H22O3/c1-17(24(26)27-18(2)19-10-5-3-6-11-19)21-14-9-15-22(16-21)23(25)20-12-7-4-8-13-20/h3-18H,1-2H3/t17-,18+/m0/s1/i24+1. The van der Waals surface area contributed by atoms with E-state index in [0.29, 0.717) is 11.1 Å². The van der Waals surface area contributed by atoms with Gasteiger partial charge in [0, 0.05) is 11.1 Å². The molecule has 0 fully saturated rings.